The van der Waals surface area contributed by atoms with E-state index in [0.29, 0.717) is 10.6 Å². The van der Waals surface area contributed by atoms with Crippen LogP contribution in [0.2, 0.25) is 5.02 Å². The van der Waals surface area contributed by atoms with Gasteiger partial charge in [-0.05, 0) is 31.2 Å². The van der Waals surface area contributed by atoms with Crippen molar-refractivity contribution in [3.05, 3.63) is 52.9 Å². The van der Waals surface area contributed by atoms with Crippen LogP contribution >= 0.6 is 11.6 Å². The van der Waals surface area contributed by atoms with Crippen molar-refractivity contribution in [1.29, 1.82) is 0 Å². The van der Waals surface area contributed by atoms with Gasteiger partial charge in [-0.15, -0.1) is 0 Å². The molecule has 5 heteroatoms. The van der Waals surface area contributed by atoms with Crippen LogP contribution in [0.1, 0.15) is 28.9 Å². The first-order valence-corrected chi connectivity index (χ1v) is 6.30. The fourth-order valence-corrected chi connectivity index (χ4v) is 1.98. The van der Waals surface area contributed by atoms with Crippen LogP contribution in [0.25, 0.3) is 0 Å². The Hall–Kier alpha value is -1.94. The molecular weight excluding hydrogens is 264 g/mol. The number of hydrogen-bond acceptors (Lipinski definition) is 3. The zero-order valence-electron chi connectivity index (χ0n) is 10.7. The number of furan rings is 1. The summed E-state index contributed by atoms with van der Waals surface area (Å²) in [4.78, 5) is 11.7. The normalized spacial score (nSPS) is 11.9. The van der Waals surface area contributed by atoms with E-state index in [1.54, 1.807) is 31.7 Å². The largest absolute Gasteiger partial charge is 0.472 e. The number of anilines is 1. The molecule has 100 valence electrons. The number of hydrogen-bond donors (Lipinski definition) is 2. The number of carbonyl (C=O) groups excluding carboxylic acids is 1. The van der Waals surface area contributed by atoms with Crippen LogP contribution in [0.3, 0.4) is 0 Å². The van der Waals surface area contributed by atoms with Gasteiger partial charge < -0.3 is 15.1 Å². The Bertz CT molecular complexity index is 567. The van der Waals surface area contributed by atoms with E-state index in [-0.39, 0.29) is 11.9 Å². The summed E-state index contributed by atoms with van der Waals surface area (Å²) >= 11 is 6.00. The zero-order valence-corrected chi connectivity index (χ0v) is 11.5. The van der Waals surface area contributed by atoms with Gasteiger partial charge in [-0.25, -0.2) is 0 Å². The standard InChI is InChI=1S/C14H15ClN2O2/c1-9(10-5-6-19-8-10)17-11-3-4-13(15)12(7-11)14(18)16-2/h3-9,17H,1-2H3,(H,16,18). The highest BCUT2D eigenvalue weighted by molar-refractivity contribution is 6.34. The first kappa shape index (κ1) is 13.5. The molecule has 0 saturated carbocycles. The summed E-state index contributed by atoms with van der Waals surface area (Å²) in [6.45, 7) is 2.01. The molecule has 19 heavy (non-hydrogen) atoms. The Labute approximate surface area is 116 Å². The van der Waals surface area contributed by atoms with Gasteiger partial charge in [-0.3, -0.25) is 4.79 Å². The molecule has 0 aliphatic carbocycles. The molecule has 2 N–H and O–H groups in total. The molecule has 2 aromatic rings. The first-order valence-electron chi connectivity index (χ1n) is 5.92. The molecule has 0 saturated heterocycles. The maximum atomic E-state index is 11.7. The Morgan fingerprint density at radius 2 is 2.16 bits per heavy atom. The summed E-state index contributed by atoms with van der Waals surface area (Å²) in [6, 6.07) is 7.25. The van der Waals surface area contributed by atoms with Gasteiger partial charge in [-0.1, -0.05) is 11.6 Å². The van der Waals surface area contributed by atoms with Crippen LogP contribution in [0.5, 0.6) is 0 Å². The predicted octanol–water partition coefficient (Wildman–Crippen LogP) is 3.47. The van der Waals surface area contributed by atoms with Gasteiger partial charge in [-0.2, -0.15) is 0 Å². The van der Waals surface area contributed by atoms with Crippen molar-refractivity contribution in [1.82, 2.24) is 5.32 Å². The molecule has 1 aromatic carbocycles. The Kier molecular flexibility index (Phi) is 4.12. The lowest BCUT2D eigenvalue weighted by Crippen LogP contribution is -2.18. The molecule has 0 aliphatic rings. The molecule has 2 rings (SSSR count). The molecule has 4 nitrogen and oxygen atoms in total. The highest BCUT2D eigenvalue weighted by Gasteiger charge is 2.11. The quantitative estimate of drug-likeness (QED) is 0.900. The third-order valence-electron chi connectivity index (χ3n) is 2.86. The van der Waals surface area contributed by atoms with Crippen LogP contribution in [-0.2, 0) is 0 Å². The molecule has 1 atom stereocenters. The lowest BCUT2D eigenvalue weighted by molar-refractivity contribution is 0.0963. The Morgan fingerprint density at radius 3 is 2.79 bits per heavy atom. The first-order chi connectivity index (χ1) is 9.11. The van der Waals surface area contributed by atoms with Crippen LogP contribution < -0.4 is 10.6 Å². The highest BCUT2D eigenvalue weighted by Crippen LogP contribution is 2.24. The fraction of sp³-hybridized carbons (Fsp3) is 0.214. The van der Waals surface area contributed by atoms with Crippen molar-refractivity contribution in [2.45, 2.75) is 13.0 Å². The van der Waals surface area contributed by atoms with Gasteiger partial charge in [0.2, 0.25) is 0 Å². The molecular formula is C14H15ClN2O2. The maximum absolute atomic E-state index is 11.7. The van der Waals surface area contributed by atoms with E-state index in [2.05, 4.69) is 10.6 Å². The van der Waals surface area contributed by atoms with Crippen molar-refractivity contribution in [2.75, 3.05) is 12.4 Å². The third kappa shape index (κ3) is 3.09. The zero-order chi connectivity index (χ0) is 13.8. The van der Waals surface area contributed by atoms with E-state index in [0.717, 1.165) is 11.3 Å². The molecule has 0 bridgehead atoms. The van der Waals surface area contributed by atoms with Crippen LogP contribution in [0.15, 0.2) is 41.2 Å². The van der Waals surface area contributed by atoms with Gasteiger partial charge in [0, 0.05) is 18.3 Å². The van der Waals surface area contributed by atoms with E-state index in [4.69, 9.17) is 16.0 Å². The van der Waals surface area contributed by atoms with Crippen LogP contribution in [0.4, 0.5) is 5.69 Å². The molecule has 1 aromatic heterocycles. The number of halogens is 1. The second kappa shape index (κ2) is 5.80. The van der Waals surface area contributed by atoms with Crippen LogP contribution in [-0.4, -0.2) is 13.0 Å². The summed E-state index contributed by atoms with van der Waals surface area (Å²) in [6.07, 6.45) is 3.32. The second-order valence-electron chi connectivity index (χ2n) is 4.20. The molecule has 0 fully saturated rings. The SMILES string of the molecule is CNC(=O)c1cc(NC(C)c2ccoc2)ccc1Cl. The average molecular weight is 279 g/mol. The number of benzene rings is 1. The Balaban J connectivity index is 2.19. The van der Waals surface area contributed by atoms with E-state index < -0.39 is 0 Å². The predicted molar refractivity (Wildman–Crippen MR) is 75.6 cm³/mol. The second-order valence-corrected chi connectivity index (χ2v) is 4.60. The van der Waals surface area contributed by atoms with E-state index >= 15 is 0 Å². The Morgan fingerprint density at radius 1 is 1.37 bits per heavy atom. The van der Waals surface area contributed by atoms with E-state index in [1.807, 2.05) is 19.1 Å². The van der Waals surface area contributed by atoms with Crippen LogP contribution in [0, 0.1) is 0 Å². The number of rotatable bonds is 4. The van der Waals surface area contributed by atoms with Gasteiger partial charge in [0.1, 0.15) is 0 Å². The average Bonchev–Trinajstić information content (AvgIpc) is 2.94. The molecule has 1 heterocycles. The summed E-state index contributed by atoms with van der Waals surface area (Å²) in [5.41, 5.74) is 2.32. The fourth-order valence-electron chi connectivity index (χ4n) is 1.78. The minimum Gasteiger partial charge on any atom is -0.472 e. The summed E-state index contributed by atoms with van der Waals surface area (Å²) in [5.74, 6) is -0.204. The van der Waals surface area contributed by atoms with Crippen molar-refractivity contribution in [3.8, 4) is 0 Å². The smallest absolute Gasteiger partial charge is 0.252 e. The summed E-state index contributed by atoms with van der Waals surface area (Å²) < 4.78 is 5.05. The van der Waals surface area contributed by atoms with Gasteiger partial charge in [0.05, 0.1) is 29.2 Å². The molecule has 0 aliphatic heterocycles. The number of carbonyl (C=O) groups is 1. The minimum atomic E-state index is -0.204. The minimum absolute atomic E-state index is 0.0810. The van der Waals surface area contributed by atoms with Gasteiger partial charge >= 0.3 is 0 Å². The lowest BCUT2D eigenvalue weighted by atomic mass is 10.1. The number of amides is 1. The monoisotopic (exact) mass is 278 g/mol. The summed E-state index contributed by atoms with van der Waals surface area (Å²) in [7, 11) is 1.58. The highest BCUT2D eigenvalue weighted by atomic mass is 35.5. The van der Waals surface area contributed by atoms with Crippen molar-refractivity contribution >= 4 is 23.2 Å². The van der Waals surface area contributed by atoms with Gasteiger partial charge in [0.25, 0.3) is 5.91 Å². The van der Waals surface area contributed by atoms with E-state index in [9.17, 15) is 4.79 Å². The molecule has 0 spiro atoms. The van der Waals surface area contributed by atoms with Crippen molar-refractivity contribution in [3.63, 3.8) is 0 Å². The van der Waals surface area contributed by atoms with Crippen molar-refractivity contribution < 1.29 is 9.21 Å². The lowest BCUT2D eigenvalue weighted by Gasteiger charge is -2.14. The number of nitrogens with one attached hydrogen (secondary N) is 2. The van der Waals surface area contributed by atoms with E-state index in [1.165, 1.54) is 0 Å². The third-order valence-corrected chi connectivity index (χ3v) is 3.19. The molecule has 1 unspecified atom stereocenters. The maximum Gasteiger partial charge on any atom is 0.252 e. The summed E-state index contributed by atoms with van der Waals surface area (Å²) in [5, 5.41) is 6.29. The topological polar surface area (TPSA) is 54.3 Å². The molecule has 1 amide bonds. The van der Waals surface area contributed by atoms with Gasteiger partial charge in [0.15, 0.2) is 0 Å². The molecule has 0 radical (unpaired) electrons. The van der Waals surface area contributed by atoms with Crippen molar-refractivity contribution in [2.24, 2.45) is 0 Å².